The van der Waals surface area contributed by atoms with Crippen molar-refractivity contribution in [2.75, 3.05) is 7.05 Å². The van der Waals surface area contributed by atoms with Crippen molar-refractivity contribution in [1.82, 2.24) is 0 Å². The number of halogens is 1. The van der Waals surface area contributed by atoms with Crippen molar-refractivity contribution >= 4 is 6.34 Å². The molecule has 1 unspecified atom stereocenters. The van der Waals surface area contributed by atoms with E-state index in [1.807, 2.05) is 12.5 Å². The fourth-order valence-electron chi connectivity index (χ4n) is 0.708. The van der Waals surface area contributed by atoms with E-state index in [2.05, 4.69) is 32.1 Å². The molecule has 2 nitrogen and oxygen atoms in total. The zero-order chi connectivity index (χ0) is 6.91. The standard InChI is InChI=1S/C7H13N2.HI/c1-7(2)9(3)5-4-8-6-9;/h4-7H,1-3H3;1H/q+1;/p-1. The van der Waals surface area contributed by atoms with Crippen LogP contribution in [0.15, 0.2) is 17.4 Å². The van der Waals surface area contributed by atoms with Crippen LogP contribution in [-0.4, -0.2) is 23.9 Å². The molecule has 0 saturated heterocycles. The molecule has 0 aromatic carbocycles. The second-order valence-electron chi connectivity index (χ2n) is 2.88. The van der Waals surface area contributed by atoms with Crippen LogP contribution in [0.2, 0.25) is 0 Å². The highest BCUT2D eigenvalue weighted by molar-refractivity contribution is 5.50. The van der Waals surface area contributed by atoms with E-state index in [-0.39, 0.29) is 24.0 Å². The third-order valence-electron chi connectivity index (χ3n) is 1.90. The molecule has 0 aromatic heterocycles. The predicted octanol–water partition coefficient (Wildman–Crippen LogP) is -1.64. The average Bonchev–Trinajstić information content (AvgIpc) is 2.16. The maximum atomic E-state index is 4.02. The lowest BCUT2D eigenvalue weighted by molar-refractivity contribution is -0.781. The molecule has 1 aliphatic rings. The number of hydrogen-bond donors (Lipinski definition) is 0. The largest absolute Gasteiger partial charge is 1.00 e. The van der Waals surface area contributed by atoms with Gasteiger partial charge in [-0.1, -0.05) is 0 Å². The molecule has 0 aromatic rings. The van der Waals surface area contributed by atoms with Gasteiger partial charge in [0.1, 0.15) is 6.20 Å². The first-order valence-electron chi connectivity index (χ1n) is 3.23. The van der Waals surface area contributed by atoms with E-state index in [1.54, 1.807) is 0 Å². The monoisotopic (exact) mass is 252 g/mol. The van der Waals surface area contributed by atoms with Crippen LogP contribution in [0.25, 0.3) is 0 Å². The molecule has 58 valence electrons. The van der Waals surface area contributed by atoms with Crippen LogP contribution in [0, 0.1) is 0 Å². The molecular formula is C7H13IN2. The molecule has 0 bridgehead atoms. The lowest BCUT2D eigenvalue weighted by Gasteiger charge is -2.25. The zero-order valence-corrected chi connectivity index (χ0v) is 8.74. The fourth-order valence-corrected chi connectivity index (χ4v) is 0.708. The molecule has 0 N–H and O–H groups in total. The summed E-state index contributed by atoms with van der Waals surface area (Å²) >= 11 is 0. The van der Waals surface area contributed by atoms with Crippen LogP contribution in [0.4, 0.5) is 0 Å². The SMILES string of the molecule is CC(C)[N+]1(C)C=CN=C1.[I-]. The van der Waals surface area contributed by atoms with Gasteiger partial charge in [-0.3, -0.25) is 4.48 Å². The average molecular weight is 252 g/mol. The Bertz CT molecular complexity index is 149. The highest BCUT2D eigenvalue weighted by atomic mass is 127. The molecule has 0 saturated carbocycles. The zero-order valence-electron chi connectivity index (χ0n) is 6.58. The molecule has 1 rings (SSSR count). The summed E-state index contributed by atoms with van der Waals surface area (Å²) in [6.45, 7) is 4.36. The molecular weight excluding hydrogens is 239 g/mol. The highest BCUT2D eigenvalue weighted by Crippen LogP contribution is 2.11. The minimum Gasteiger partial charge on any atom is -1.00 e. The second-order valence-corrected chi connectivity index (χ2v) is 2.88. The summed E-state index contributed by atoms with van der Waals surface area (Å²) in [6.07, 6.45) is 5.88. The maximum Gasteiger partial charge on any atom is 0.194 e. The molecule has 0 fully saturated rings. The van der Waals surface area contributed by atoms with Gasteiger partial charge in [-0.25, -0.2) is 4.99 Å². The molecule has 0 amide bonds. The topological polar surface area (TPSA) is 12.4 Å². The summed E-state index contributed by atoms with van der Waals surface area (Å²) in [4.78, 5) is 4.02. The van der Waals surface area contributed by atoms with Gasteiger partial charge >= 0.3 is 0 Å². The molecule has 1 heterocycles. The predicted molar refractivity (Wildman–Crippen MR) is 39.0 cm³/mol. The Balaban J connectivity index is 0.000000810. The van der Waals surface area contributed by atoms with Gasteiger partial charge in [0.15, 0.2) is 6.34 Å². The molecule has 0 aliphatic carbocycles. The van der Waals surface area contributed by atoms with E-state index in [0.717, 1.165) is 4.48 Å². The lowest BCUT2D eigenvalue weighted by atomic mass is 10.3. The Morgan fingerprint density at radius 3 is 2.20 bits per heavy atom. The number of rotatable bonds is 1. The Kier molecular flexibility index (Phi) is 3.51. The van der Waals surface area contributed by atoms with Gasteiger partial charge in [0.05, 0.1) is 19.3 Å². The van der Waals surface area contributed by atoms with E-state index >= 15 is 0 Å². The quantitative estimate of drug-likeness (QED) is 0.392. The summed E-state index contributed by atoms with van der Waals surface area (Å²) in [6, 6.07) is 0.590. The summed E-state index contributed by atoms with van der Waals surface area (Å²) < 4.78 is 0.833. The minimum absolute atomic E-state index is 0. The first-order chi connectivity index (χ1) is 4.15. The first kappa shape index (κ1) is 10.1. The number of aliphatic imine (C=N–C) groups is 1. The van der Waals surface area contributed by atoms with Crippen LogP contribution < -0.4 is 24.0 Å². The molecule has 3 heteroatoms. The lowest BCUT2D eigenvalue weighted by Crippen LogP contribution is -3.00. The Hall–Kier alpha value is 0.100. The van der Waals surface area contributed by atoms with E-state index in [9.17, 15) is 0 Å². The van der Waals surface area contributed by atoms with Crippen molar-refractivity contribution in [3.05, 3.63) is 12.4 Å². The minimum atomic E-state index is 0. The normalized spacial score (nSPS) is 29.2. The third kappa shape index (κ3) is 1.79. The molecule has 0 radical (unpaired) electrons. The van der Waals surface area contributed by atoms with E-state index < -0.39 is 0 Å². The van der Waals surface area contributed by atoms with Crippen LogP contribution in [0.1, 0.15) is 13.8 Å². The van der Waals surface area contributed by atoms with Crippen molar-refractivity contribution in [1.29, 1.82) is 0 Å². The van der Waals surface area contributed by atoms with Crippen molar-refractivity contribution in [2.45, 2.75) is 19.9 Å². The Morgan fingerprint density at radius 1 is 1.40 bits per heavy atom. The van der Waals surface area contributed by atoms with Gasteiger partial charge in [-0.05, 0) is 13.8 Å². The summed E-state index contributed by atoms with van der Waals surface area (Å²) in [5.74, 6) is 0. The van der Waals surface area contributed by atoms with Crippen LogP contribution >= 0.6 is 0 Å². The van der Waals surface area contributed by atoms with Gasteiger partial charge in [-0.2, -0.15) is 0 Å². The van der Waals surface area contributed by atoms with Crippen molar-refractivity contribution in [3.63, 3.8) is 0 Å². The number of hydrogen-bond acceptors (Lipinski definition) is 1. The Morgan fingerprint density at radius 2 is 2.00 bits per heavy atom. The summed E-state index contributed by atoms with van der Waals surface area (Å²) in [5.41, 5.74) is 0. The first-order valence-corrected chi connectivity index (χ1v) is 3.23. The number of nitrogens with zero attached hydrogens (tertiary/aromatic N) is 2. The van der Waals surface area contributed by atoms with Gasteiger partial charge in [0.25, 0.3) is 0 Å². The highest BCUT2D eigenvalue weighted by Gasteiger charge is 2.23. The van der Waals surface area contributed by atoms with Crippen LogP contribution in [0.3, 0.4) is 0 Å². The molecule has 1 atom stereocenters. The van der Waals surface area contributed by atoms with Crippen LogP contribution in [-0.2, 0) is 0 Å². The van der Waals surface area contributed by atoms with Crippen molar-refractivity contribution in [2.24, 2.45) is 4.99 Å². The van der Waals surface area contributed by atoms with E-state index in [4.69, 9.17) is 0 Å². The molecule has 1 aliphatic heterocycles. The van der Waals surface area contributed by atoms with Crippen molar-refractivity contribution < 1.29 is 28.5 Å². The second kappa shape index (κ2) is 3.48. The van der Waals surface area contributed by atoms with Gasteiger partial charge in [0.2, 0.25) is 0 Å². The van der Waals surface area contributed by atoms with Crippen molar-refractivity contribution in [3.8, 4) is 0 Å². The van der Waals surface area contributed by atoms with E-state index in [1.165, 1.54) is 0 Å². The molecule has 0 spiro atoms. The third-order valence-corrected chi connectivity index (χ3v) is 1.90. The van der Waals surface area contributed by atoms with E-state index in [0.29, 0.717) is 6.04 Å². The van der Waals surface area contributed by atoms with Crippen LogP contribution in [0.5, 0.6) is 0 Å². The van der Waals surface area contributed by atoms with Gasteiger partial charge < -0.3 is 24.0 Å². The Labute approximate surface area is 79.2 Å². The summed E-state index contributed by atoms with van der Waals surface area (Å²) in [5, 5.41) is 0. The molecule has 10 heavy (non-hydrogen) atoms. The maximum absolute atomic E-state index is 4.02. The smallest absolute Gasteiger partial charge is 0.194 e. The summed E-state index contributed by atoms with van der Waals surface area (Å²) in [7, 11) is 2.14. The number of quaternary nitrogens is 1. The van der Waals surface area contributed by atoms with Gasteiger partial charge in [0, 0.05) is 0 Å². The fraction of sp³-hybridized carbons (Fsp3) is 0.571. The van der Waals surface area contributed by atoms with Gasteiger partial charge in [-0.15, -0.1) is 0 Å².